The van der Waals surface area contributed by atoms with E-state index in [0.29, 0.717) is 13.2 Å². The maximum Gasteiger partial charge on any atom is 0.221 e. The number of hydrogen-bond donors (Lipinski definition) is 2. The van der Waals surface area contributed by atoms with Crippen LogP contribution in [0, 0.1) is 6.92 Å². The molecule has 0 saturated carbocycles. The summed E-state index contributed by atoms with van der Waals surface area (Å²) in [5.41, 5.74) is 2.61. The average Bonchev–Trinajstić information content (AvgIpc) is 2.80. The van der Waals surface area contributed by atoms with Crippen LogP contribution in [0.15, 0.2) is 30.5 Å². The predicted molar refractivity (Wildman–Crippen MR) is 83.0 cm³/mol. The number of carbonyl (C=O) groups is 1. The maximum absolute atomic E-state index is 11.1. The van der Waals surface area contributed by atoms with Crippen molar-refractivity contribution in [2.24, 2.45) is 0 Å². The first-order valence-corrected chi connectivity index (χ1v) is 6.77. The van der Waals surface area contributed by atoms with Gasteiger partial charge < -0.3 is 15.4 Å². The molecule has 21 heavy (non-hydrogen) atoms. The smallest absolute Gasteiger partial charge is 0.221 e. The number of ether oxygens (including phenoxy) is 1. The Morgan fingerprint density at radius 2 is 2.24 bits per heavy atom. The van der Waals surface area contributed by atoms with E-state index in [2.05, 4.69) is 15.6 Å². The quantitative estimate of drug-likeness (QED) is 0.800. The first-order chi connectivity index (χ1) is 10.1. The van der Waals surface area contributed by atoms with Crippen LogP contribution in [0.2, 0.25) is 0 Å². The van der Waals surface area contributed by atoms with Crippen LogP contribution in [0.25, 0.3) is 5.69 Å². The van der Waals surface area contributed by atoms with Gasteiger partial charge in [-0.2, -0.15) is 0 Å². The van der Waals surface area contributed by atoms with Crippen LogP contribution in [0.3, 0.4) is 0 Å². The summed E-state index contributed by atoms with van der Waals surface area (Å²) in [6.45, 7) is 4.72. The number of hydrogen-bond acceptors (Lipinski definition) is 4. The Bertz CT molecular complexity index is 622. The van der Waals surface area contributed by atoms with Crippen LogP contribution >= 0.6 is 0 Å². The Hall–Kier alpha value is -2.34. The standard InChI is InChI=1S/C15H20N4O2/c1-11-10-19(15(17-11)16-7-8-21-3)14-6-4-5-13(9-14)18-12(2)20/h4-6,9-10H,7-8H2,1-3H3,(H,16,17)(H,18,20). The summed E-state index contributed by atoms with van der Waals surface area (Å²) in [7, 11) is 1.66. The Kier molecular flexibility index (Phi) is 4.94. The van der Waals surface area contributed by atoms with Gasteiger partial charge in [0.05, 0.1) is 18.0 Å². The Balaban J connectivity index is 2.26. The number of amides is 1. The van der Waals surface area contributed by atoms with E-state index in [4.69, 9.17) is 4.74 Å². The highest BCUT2D eigenvalue weighted by Gasteiger charge is 2.08. The Morgan fingerprint density at radius 3 is 2.95 bits per heavy atom. The summed E-state index contributed by atoms with van der Waals surface area (Å²) < 4.78 is 6.99. The van der Waals surface area contributed by atoms with Gasteiger partial charge in [-0.25, -0.2) is 4.98 Å². The number of rotatable bonds is 6. The molecule has 2 N–H and O–H groups in total. The van der Waals surface area contributed by atoms with Crippen LogP contribution < -0.4 is 10.6 Å². The number of aromatic nitrogens is 2. The summed E-state index contributed by atoms with van der Waals surface area (Å²) in [6, 6.07) is 7.62. The number of nitrogens with one attached hydrogen (secondary N) is 2. The van der Waals surface area contributed by atoms with E-state index >= 15 is 0 Å². The lowest BCUT2D eigenvalue weighted by Crippen LogP contribution is -2.12. The fraction of sp³-hybridized carbons (Fsp3) is 0.333. The zero-order valence-electron chi connectivity index (χ0n) is 12.5. The molecule has 1 aromatic carbocycles. The van der Waals surface area contributed by atoms with E-state index in [0.717, 1.165) is 23.0 Å². The molecule has 0 saturated heterocycles. The lowest BCUT2D eigenvalue weighted by Gasteiger charge is -2.11. The van der Waals surface area contributed by atoms with Crippen molar-refractivity contribution in [3.63, 3.8) is 0 Å². The lowest BCUT2D eigenvalue weighted by atomic mass is 10.2. The SMILES string of the molecule is COCCNc1nc(C)cn1-c1cccc(NC(C)=O)c1. The lowest BCUT2D eigenvalue weighted by molar-refractivity contribution is -0.114. The Morgan fingerprint density at radius 1 is 1.43 bits per heavy atom. The zero-order valence-corrected chi connectivity index (χ0v) is 12.5. The van der Waals surface area contributed by atoms with Gasteiger partial charge in [-0.3, -0.25) is 9.36 Å². The maximum atomic E-state index is 11.1. The first-order valence-electron chi connectivity index (χ1n) is 6.77. The molecule has 0 spiro atoms. The molecule has 1 aromatic heterocycles. The van der Waals surface area contributed by atoms with Crippen LogP contribution in [0.4, 0.5) is 11.6 Å². The molecule has 0 aliphatic heterocycles. The third-order valence-electron chi connectivity index (χ3n) is 2.86. The van der Waals surface area contributed by atoms with E-state index in [1.807, 2.05) is 42.0 Å². The zero-order chi connectivity index (χ0) is 15.2. The number of benzene rings is 1. The summed E-state index contributed by atoms with van der Waals surface area (Å²) in [5, 5.41) is 6.01. The monoisotopic (exact) mass is 288 g/mol. The molecule has 0 aliphatic carbocycles. The van der Waals surface area contributed by atoms with Crippen molar-refractivity contribution < 1.29 is 9.53 Å². The van der Waals surface area contributed by atoms with E-state index in [1.54, 1.807) is 7.11 Å². The Labute approximate surface area is 124 Å². The van der Waals surface area contributed by atoms with E-state index < -0.39 is 0 Å². The van der Waals surface area contributed by atoms with E-state index in [1.165, 1.54) is 6.92 Å². The first kappa shape index (κ1) is 15.1. The third kappa shape index (κ3) is 4.06. The van der Waals surface area contributed by atoms with E-state index in [-0.39, 0.29) is 5.91 Å². The molecule has 0 radical (unpaired) electrons. The second kappa shape index (κ2) is 6.90. The van der Waals surface area contributed by atoms with Crippen LogP contribution in [0.1, 0.15) is 12.6 Å². The van der Waals surface area contributed by atoms with Crippen molar-refractivity contribution in [3.05, 3.63) is 36.2 Å². The normalized spacial score (nSPS) is 10.4. The molecule has 2 aromatic rings. The van der Waals surface area contributed by atoms with Gasteiger partial charge in [0.1, 0.15) is 0 Å². The number of imidazole rings is 1. The summed E-state index contributed by atoms with van der Waals surface area (Å²) >= 11 is 0. The number of methoxy groups -OCH3 is 1. The fourth-order valence-corrected chi connectivity index (χ4v) is 2.02. The average molecular weight is 288 g/mol. The fourth-order valence-electron chi connectivity index (χ4n) is 2.02. The minimum absolute atomic E-state index is 0.0904. The highest BCUT2D eigenvalue weighted by atomic mass is 16.5. The van der Waals surface area contributed by atoms with Crippen molar-refractivity contribution in [2.45, 2.75) is 13.8 Å². The molecule has 6 nitrogen and oxygen atoms in total. The summed E-state index contributed by atoms with van der Waals surface area (Å²) in [5.74, 6) is 0.664. The van der Waals surface area contributed by atoms with Crippen molar-refractivity contribution in [2.75, 3.05) is 30.9 Å². The summed E-state index contributed by atoms with van der Waals surface area (Å²) in [6.07, 6.45) is 1.95. The van der Waals surface area contributed by atoms with Gasteiger partial charge >= 0.3 is 0 Å². The van der Waals surface area contributed by atoms with Crippen LogP contribution in [0.5, 0.6) is 0 Å². The molecule has 0 unspecified atom stereocenters. The van der Waals surface area contributed by atoms with Crippen molar-refractivity contribution in [3.8, 4) is 5.69 Å². The molecule has 0 bridgehead atoms. The highest BCUT2D eigenvalue weighted by Crippen LogP contribution is 2.19. The molecule has 6 heteroatoms. The van der Waals surface area contributed by atoms with Gasteiger partial charge in [0, 0.05) is 32.5 Å². The molecular formula is C15H20N4O2. The van der Waals surface area contributed by atoms with Crippen molar-refractivity contribution >= 4 is 17.5 Å². The van der Waals surface area contributed by atoms with Crippen LogP contribution in [-0.4, -0.2) is 35.7 Å². The largest absolute Gasteiger partial charge is 0.383 e. The molecule has 0 atom stereocenters. The van der Waals surface area contributed by atoms with Gasteiger partial charge in [0.2, 0.25) is 11.9 Å². The van der Waals surface area contributed by atoms with Gasteiger partial charge in [-0.15, -0.1) is 0 Å². The molecular weight excluding hydrogens is 268 g/mol. The second-order valence-electron chi connectivity index (χ2n) is 4.73. The van der Waals surface area contributed by atoms with Gasteiger partial charge in [0.15, 0.2) is 0 Å². The highest BCUT2D eigenvalue weighted by molar-refractivity contribution is 5.88. The van der Waals surface area contributed by atoms with Gasteiger partial charge in [-0.05, 0) is 25.1 Å². The second-order valence-corrected chi connectivity index (χ2v) is 4.73. The minimum Gasteiger partial charge on any atom is -0.383 e. The molecule has 1 heterocycles. The topological polar surface area (TPSA) is 68.2 Å². The van der Waals surface area contributed by atoms with Crippen LogP contribution in [-0.2, 0) is 9.53 Å². The van der Waals surface area contributed by atoms with Gasteiger partial charge in [-0.1, -0.05) is 6.07 Å². The predicted octanol–water partition coefficient (Wildman–Crippen LogP) is 2.20. The number of anilines is 2. The molecule has 0 fully saturated rings. The number of nitrogens with zero attached hydrogens (tertiary/aromatic N) is 2. The number of aryl methyl sites for hydroxylation is 1. The van der Waals surface area contributed by atoms with E-state index in [9.17, 15) is 4.79 Å². The minimum atomic E-state index is -0.0904. The molecule has 2 rings (SSSR count). The summed E-state index contributed by atoms with van der Waals surface area (Å²) in [4.78, 5) is 15.6. The van der Waals surface area contributed by atoms with Gasteiger partial charge in [0.25, 0.3) is 0 Å². The van der Waals surface area contributed by atoms with Crippen molar-refractivity contribution in [1.82, 2.24) is 9.55 Å². The molecule has 0 aliphatic rings. The third-order valence-corrected chi connectivity index (χ3v) is 2.86. The molecule has 1 amide bonds. The number of carbonyl (C=O) groups excluding carboxylic acids is 1. The molecule has 112 valence electrons. The van der Waals surface area contributed by atoms with Crippen molar-refractivity contribution in [1.29, 1.82) is 0 Å².